The normalized spacial score (nSPS) is 15.8. The number of hydrogen-bond donors (Lipinski definition) is 4. The summed E-state index contributed by atoms with van der Waals surface area (Å²) in [4.78, 5) is 35.3. The molecule has 1 saturated carbocycles. The van der Waals surface area contributed by atoms with Gasteiger partial charge in [-0.1, -0.05) is 49.6 Å². The van der Waals surface area contributed by atoms with Crippen molar-refractivity contribution in [2.24, 2.45) is 5.92 Å². The van der Waals surface area contributed by atoms with Gasteiger partial charge in [0.25, 0.3) is 0 Å². The van der Waals surface area contributed by atoms with E-state index >= 15 is 0 Å². The van der Waals surface area contributed by atoms with Gasteiger partial charge in [-0.15, -0.1) is 0 Å². The molecule has 0 radical (unpaired) electrons. The molecule has 4 N–H and O–H groups in total. The molecule has 0 spiro atoms. The van der Waals surface area contributed by atoms with Crippen LogP contribution in [0.3, 0.4) is 0 Å². The Labute approximate surface area is 147 Å². The molecule has 3 amide bonds. The van der Waals surface area contributed by atoms with Crippen molar-refractivity contribution in [3.63, 3.8) is 0 Å². The van der Waals surface area contributed by atoms with Crippen molar-refractivity contribution in [2.75, 3.05) is 6.54 Å². The minimum Gasteiger partial charge on any atom is -0.480 e. The molecule has 0 saturated heterocycles. The summed E-state index contributed by atoms with van der Waals surface area (Å²) in [5, 5.41) is 16.9. The lowest BCUT2D eigenvalue weighted by Crippen LogP contribution is -2.51. The van der Waals surface area contributed by atoms with Gasteiger partial charge in [0.05, 0.1) is 6.54 Å². The molecule has 1 fully saturated rings. The number of aliphatic carboxylic acids is 1. The summed E-state index contributed by atoms with van der Waals surface area (Å²) in [6.45, 7) is 0.188. The first-order chi connectivity index (χ1) is 12.1. The van der Waals surface area contributed by atoms with Gasteiger partial charge in [0.1, 0.15) is 6.04 Å². The molecular formula is C18H25N3O4. The van der Waals surface area contributed by atoms with Gasteiger partial charge in [0.2, 0.25) is 5.91 Å². The van der Waals surface area contributed by atoms with Gasteiger partial charge in [0, 0.05) is 12.5 Å². The van der Waals surface area contributed by atoms with Gasteiger partial charge >= 0.3 is 12.0 Å². The first kappa shape index (κ1) is 18.8. The Bertz CT molecular complexity index is 585. The standard InChI is InChI=1S/C18H25N3O4/c22-16(14-9-5-2-6-10-14)21-15(17(23)24)12-20-18(25)19-11-13-7-3-1-4-8-13/h1,3-4,7-8,14-15H,2,5-6,9-12H2,(H,21,22)(H,23,24)(H2,19,20,25)/t15-/m0/s1. The fourth-order valence-electron chi connectivity index (χ4n) is 2.89. The molecule has 1 atom stereocenters. The van der Waals surface area contributed by atoms with Crippen LogP contribution in [0.2, 0.25) is 0 Å². The smallest absolute Gasteiger partial charge is 0.328 e. The monoisotopic (exact) mass is 347 g/mol. The summed E-state index contributed by atoms with van der Waals surface area (Å²) < 4.78 is 0. The Kier molecular flexibility index (Phi) is 7.25. The van der Waals surface area contributed by atoms with E-state index in [-0.39, 0.29) is 18.4 Å². The van der Waals surface area contributed by atoms with Crippen LogP contribution in [0, 0.1) is 5.92 Å². The number of carboxylic acid groups (broad SMARTS) is 1. The van der Waals surface area contributed by atoms with Crippen molar-refractivity contribution >= 4 is 17.9 Å². The van der Waals surface area contributed by atoms with E-state index in [0.717, 1.165) is 37.7 Å². The van der Waals surface area contributed by atoms with Gasteiger partial charge < -0.3 is 21.1 Å². The van der Waals surface area contributed by atoms with Gasteiger partial charge in [0.15, 0.2) is 0 Å². The SMILES string of the molecule is O=C(NCc1ccccc1)NC[C@H](NC(=O)C1CCCCC1)C(=O)O. The topological polar surface area (TPSA) is 108 Å². The molecule has 7 heteroatoms. The minimum atomic E-state index is -1.16. The highest BCUT2D eigenvalue weighted by Gasteiger charge is 2.26. The summed E-state index contributed by atoms with van der Waals surface area (Å²) in [6.07, 6.45) is 4.70. The highest BCUT2D eigenvalue weighted by Crippen LogP contribution is 2.23. The van der Waals surface area contributed by atoms with E-state index in [1.165, 1.54) is 0 Å². The van der Waals surface area contributed by atoms with Crippen LogP contribution in [-0.2, 0) is 16.1 Å². The van der Waals surface area contributed by atoms with Crippen LogP contribution in [-0.4, -0.2) is 35.6 Å². The van der Waals surface area contributed by atoms with E-state index in [2.05, 4.69) is 16.0 Å². The number of carbonyl (C=O) groups excluding carboxylic acids is 2. The van der Waals surface area contributed by atoms with Crippen molar-refractivity contribution in [3.8, 4) is 0 Å². The number of urea groups is 1. The van der Waals surface area contributed by atoms with E-state index in [1.807, 2.05) is 30.3 Å². The molecule has 0 aromatic heterocycles. The number of carbonyl (C=O) groups is 3. The van der Waals surface area contributed by atoms with E-state index in [1.54, 1.807) is 0 Å². The lowest BCUT2D eigenvalue weighted by Gasteiger charge is -2.23. The highest BCUT2D eigenvalue weighted by atomic mass is 16.4. The van der Waals surface area contributed by atoms with Crippen LogP contribution in [0.4, 0.5) is 4.79 Å². The van der Waals surface area contributed by atoms with E-state index in [0.29, 0.717) is 6.54 Å². The third-order valence-corrected chi connectivity index (χ3v) is 4.35. The lowest BCUT2D eigenvalue weighted by atomic mass is 9.88. The van der Waals surface area contributed by atoms with Gasteiger partial charge in [-0.3, -0.25) is 4.79 Å². The Balaban J connectivity index is 1.75. The first-order valence-corrected chi connectivity index (χ1v) is 8.65. The fraction of sp³-hybridized carbons (Fsp3) is 0.500. The number of carboxylic acids is 1. The highest BCUT2D eigenvalue weighted by molar-refractivity contribution is 5.85. The van der Waals surface area contributed by atoms with Crippen molar-refractivity contribution in [2.45, 2.75) is 44.7 Å². The van der Waals surface area contributed by atoms with Gasteiger partial charge in [-0.2, -0.15) is 0 Å². The van der Waals surface area contributed by atoms with Crippen LogP contribution in [0.1, 0.15) is 37.7 Å². The average molecular weight is 347 g/mol. The zero-order valence-electron chi connectivity index (χ0n) is 14.2. The second kappa shape index (κ2) is 9.66. The summed E-state index contributed by atoms with van der Waals surface area (Å²) in [5.41, 5.74) is 0.943. The quantitative estimate of drug-likeness (QED) is 0.601. The van der Waals surface area contributed by atoms with Crippen molar-refractivity contribution in [3.05, 3.63) is 35.9 Å². The lowest BCUT2D eigenvalue weighted by molar-refractivity contribution is -0.142. The van der Waals surface area contributed by atoms with Crippen LogP contribution >= 0.6 is 0 Å². The summed E-state index contributed by atoms with van der Waals surface area (Å²) in [7, 11) is 0. The van der Waals surface area contributed by atoms with Crippen LogP contribution in [0.25, 0.3) is 0 Å². The largest absolute Gasteiger partial charge is 0.480 e. The number of rotatable bonds is 7. The van der Waals surface area contributed by atoms with Crippen molar-refractivity contribution in [1.82, 2.24) is 16.0 Å². The summed E-state index contributed by atoms with van der Waals surface area (Å²) >= 11 is 0. The fourth-order valence-corrected chi connectivity index (χ4v) is 2.89. The molecule has 1 aliphatic carbocycles. The zero-order chi connectivity index (χ0) is 18.1. The molecule has 25 heavy (non-hydrogen) atoms. The number of amides is 3. The summed E-state index contributed by atoms with van der Waals surface area (Å²) in [6, 6.07) is 7.79. The second-order valence-electron chi connectivity index (χ2n) is 6.28. The predicted molar refractivity (Wildman–Crippen MR) is 92.8 cm³/mol. The number of benzene rings is 1. The molecule has 0 bridgehead atoms. The Morgan fingerprint density at radius 1 is 1.04 bits per heavy atom. The molecule has 1 aliphatic rings. The van der Waals surface area contributed by atoms with E-state index in [4.69, 9.17) is 0 Å². The Morgan fingerprint density at radius 2 is 1.72 bits per heavy atom. The van der Waals surface area contributed by atoms with Crippen LogP contribution in [0.5, 0.6) is 0 Å². The molecule has 0 aliphatic heterocycles. The Hall–Kier alpha value is -2.57. The molecule has 1 aromatic rings. The van der Waals surface area contributed by atoms with E-state index in [9.17, 15) is 19.5 Å². The van der Waals surface area contributed by atoms with Crippen LogP contribution in [0.15, 0.2) is 30.3 Å². The predicted octanol–water partition coefficient (Wildman–Crippen LogP) is 1.64. The molecule has 1 aromatic carbocycles. The zero-order valence-corrected chi connectivity index (χ0v) is 14.2. The maximum atomic E-state index is 12.2. The van der Waals surface area contributed by atoms with Crippen LogP contribution < -0.4 is 16.0 Å². The molecular weight excluding hydrogens is 322 g/mol. The van der Waals surface area contributed by atoms with Gasteiger partial charge in [-0.25, -0.2) is 9.59 Å². The number of nitrogens with one attached hydrogen (secondary N) is 3. The Morgan fingerprint density at radius 3 is 2.36 bits per heavy atom. The molecule has 7 nitrogen and oxygen atoms in total. The molecule has 0 unspecified atom stereocenters. The van der Waals surface area contributed by atoms with Crippen molar-refractivity contribution in [1.29, 1.82) is 0 Å². The second-order valence-corrected chi connectivity index (χ2v) is 6.28. The third-order valence-electron chi connectivity index (χ3n) is 4.35. The number of hydrogen-bond acceptors (Lipinski definition) is 3. The average Bonchev–Trinajstić information content (AvgIpc) is 2.64. The van der Waals surface area contributed by atoms with E-state index < -0.39 is 18.0 Å². The minimum absolute atomic E-state index is 0.123. The third kappa shape index (κ3) is 6.45. The maximum absolute atomic E-state index is 12.2. The summed E-state index contributed by atoms with van der Waals surface area (Å²) in [5.74, 6) is -1.52. The first-order valence-electron chi connectivity index (χ1n) is 8.65. The maximum Gasteiger partial charge on any atom is 0.328 e. The molecule has 2 rings (SSSR count). The molecule has 0 heterocycles. The van der Waals surface area contributed by atoms with Gasteiger partial charge in [-0.05, 0) is 18.4 Å². The van der Waals surface area contributed by atoms with Crippen molar-refractivity contribution < 1.29 is 19.5 Å². The molecule has 136 valence electrons.